The lowest BCUT2D eigenvalue weighted by Crippen LogP contribution is -2.49. The molecule has 0 fully saturated rings. The van der Waals surface area contributed by atoms with Crippen molar-refractivity contribution in [3.63, 3.8) is 0 Å². The Kier molecular flexibility index (Phi) is 10.9. The Balaban J connectivity index is 2.04. The summed E-state index contributed by atoms with van der Waals surface area (Å²) in [6, 6.07) is 10.4. The van der Waals surface area contributed by atoms with E-state index in [2.05, 4.69) is 37.8 Å². The molecule has 0 aliphatic heterocycles. The predicted octanol–water partition coefficient (Wildman–Crippen LogP) is 3.13. The van der Waals surface area contributed by atoms with Gasteiger partial charge < -0.3 is 19.5 Å². The minimum absolute atomic E-state index is 0.141. The summed E-state index contributed by atoms with van der Waals surface area (Å²) >= 11 is 3.39. The molecular weight excluding hydrogens is 536 g/mol. The van der Waals surface area contributed by atoms with Gasteiger partial charge in [-0.05, 0) is 54.3 Å². The van der Waals surface area contributed by atoms with Gasteiger partial charge in [-0.2, -0.15) is 0 Å². The molecule has 10 heteroatoms. The lowest BCUT2D eigenvalue weighted by Gasteiger charge is -2.20. The zero-order chi connectivity index (χ0) is 26.0. The van der Waals surface area contributed by atoms with Gasteiger partial charge in [-0.3, -0.25) is 4.79 Å². The Morgan fingerprint density at radius 1 is 1.09 bits per heavy atom. The maximum Gasteiger partial charge on any atom is 0.238 e. The van der Waals surface area contributed by atoms with Crippen molar-refractivity contribution in [1.82, 2.24) is 10.0 Å². The largest absolute Gasteiger partial charge is 0.493 e. The van der Waals surface area contributed by atoms with Crippen molar-refractivity contribution in [2.45, 2.75) is 26.3 Å². The van der Waals surface area contributed by atoms with Crippen LogP contribution in [0, 0.1) is 17.8 Å². The number of carbonyl (C=O) groups is 1. The van der Waals surface area contributed by atoms with Crippen LogP contribution in [0.4, 0.5) is 0 Å². The summed E-state index contributed by atoms with van der Waals surface area (Å²) in [5, 5.41) is 2.79. The third kappa shape index (κ3) is 9.43. The number of sulfonamides is 1. The summed E-state index contributed by atoms with van der Waals surface area (Å²) in [5.74, 6) is 6.83. The number of amides is 1. The Hall–Kier alpha value is -2.74. The molecule has 0 radical (unpaired) electrons. The highest BCUT2D eigenvalue weighted by Gasteiger charge is 2.25. The van der Waals surface area contributed by atoms with E-state index < -0.39 is 16.1 Å². The van der Waals surface area contributed by atoms with Gasteiger partial charge in [-0.25, -0.2) is 13.1 Å². The van der Waals surface area contributed by atoms with Gasteiger partial charge >= 0.3 is 0 Å². The summed E-state index contributed by atoms with van der Waals surface area (Å²) in [4.78, 5) is 12.5. The molecule has 0 heterocycles. The van der Waals surface area contributed by atoms with Gasteiger partial charge in [0.25, 0.3) is 0 Å². The van der Waals surface area contributed by atoms with E-state index in [0.717, 1.165) is 21.9 Å². The molecular formula is C25H31BrN2O6S. The second-order valence-corrected chi connectivity index (χ2v) is 10.8. The van der Waals surface area contributed by atoms with Crippen LogP contribution in [0.1, 0.15) is 25.0 Å². The molecule has 8 nitrogen and oxygen atoms in total. The van der Waals surface area contributed by atoms with Crippen LogP contribution in [0.2, 0.25) is 0 Å². The monoisotopic (exact) mass is 566 g/mol. The first-order chi connectivity index (χ1) is 16.5. The van der Waals surface area contributed by atoms with E-state index in [1.165, 1.54) is 14.2 Å². The van der Waals surface area contributed by atoms with Gasteiger partial charge in [-0.15, -0.1) is 0 Å². The number of methoxy groups -OCH3 is 2. The Morgan fingerprint density at radius 3 is 2.20 bits per heavy atom. The zero-order valence-electron chi connectivity index (χ0n) is 20.5. The van der Waals surface area contributed by atoms with E-state index in [4.69, 9.17) is 14.2 Å². The maximum atomic E-state index is 12.5. The Labute approximate surface area is 215 Å². The van der Waals surface area contributed by atoms with Crippen molar-refractivity contribution in [2.75, 3.05) is 33.6 Å². The lowest BCUT2D eigenvalue weighted by atomic mass is 10.0. The molecule has 0 aliphatic carbocycles. The minimum Gasteiger partial charge on any atom is -0.493 e. The minimum atomic E-state index is -3.51. The summed E-state index contributed by atoms with van der Waals surface area (Å²) in [6.45, 7) is 4.00. The van der Waals surface area contributed by atoms with Crippen molar-refractivity contribution in [3.05, 3.63) is 52.0 Å². The molecule has 2 N–H and O–H groups in total. The summed E-state index contributed by atoms with van der Waals surface area (Å²) in [7, 11) is -0.445. The van der Waals surface area contributed by atoms with Crippen molar-refractivity contribution < 1.29 is 27.4 Å². The van der Waals surface area contributed by atoms with E-state index >= 15 is 0 Å². The fourth-order valence-corrected chi connectivity index (χ4v) is 4.27. The number of carbonyl (C=O) groups excluding carboxylic acids is 1. The van der Waals surface area contributed by atoms with Crippen molar-refractivity contribution in [2.24, 2.45) is 5.92 Å². The van der Waals surface area contributed by atoms with Crippen LogP contribution in [-0.2, 0) is 21.2 Å². The molecule has 35 heavy (non-hydrogen) atoms. The van der Waals surface area contributed by atoms with Crippen LogP contribution in [0.15, 0.2) is 40.9 Å². The van der Waals surface area contributed by atoms with Crippen molar-refractivity contribution >= 4 is 31.9 Å². The quantitative estimate of drug-likeness (QED) is 0.405. The Morgan fingerprint density at radius 2 is 1.69 bits per heavy atom. The van der Waals surface area contributed by atoms with Gasteiger partial charge in [0, 0.05) is 16.6 Å². The molecule has 1 amide bonds. The molecule has 2 aromatic rings. The van der Waals surface area contributed by atoms with Crippen LogP contribution in [0.3, 0.4) is 0 Å². The molecule has 0 saturated heterocycles. The highest BCUT2D eigenvalue weighted by molar-refractivity contribution is 9.10. The van der Waals surface area contributed by atoms with E-state index in [0.29, 0.717) is 30.2 Å². The SMILES string of the molecule is COc1cc(CCNC(=O)C(NS(C)(=O)=O)C(C)C)cc(OC)c1OCC#Cc1ccc(Br)cc1. The third-order valence-electron chi connectivity index (χ3n) is 4.89. The summed E-state index contributed by atoms with van der Waals surface area (Å²) in [5.41, 5.74) is 1.73. The third-order valence-corrected chi connectivity index (χ3v) is 6.10. The van der Waals surface area contributed by atoms with Gasteiger partial charge in [-0.1, -0.05) is 41.6 Å². The lowest BCUT2D eigenvalue weighted by molar-refractivity contribution is -0.123. The average Bonchev–Trinajstić information content (AvgIpc) is 2.80. The molecule has 190 valence electrons. The second-order valence-electron chi connectivity index (χ2n) is 8.08. The standard InChI is InChI=1S/C25H31BrN2O6S/c1-17(2)23(28-35(5,30)31)25(29)27-13-12-19-15-21(32-3)24(22(16-19)33-4)34-14-6-7-18-8-10-20(26)11-9-18/h8-11,15-17,23,28H,12-14H2,1-5H3,(H,27,29). The first-order valence-corrected chi connectivity index (χ1v) is 13.6. The highest BCUT2D eigenvalue weighted by Crippen LogP contribution is 2.38. The van der Waals surface area contributed by atoms with Crippen LogP contribution in [-0.4, -0.2) is 54.0 Å². The van der Waals surface area contributed by atoms with Crippen LogP contribution in [0.5, 0.6) is 17.2 Å². The number of hydrogen-bond acceptors (Lipinski definition) is 6. The summed E-state index contributed by atoms with van der Waals surface area (Å²) in [6.07, 6.45) is 1.51. The van der Waals surface area contributed by atoms with Crippen LogP contribution in [0.25, 0.3) is 0 Å². The van der Waals surface area contributed by atoms with Gasteiger partial charge in [0.15, 0.2) is 11.5 Å². The number of nitrogens with one attached hydrogen (secondary N) is 2. The first-order valence-electron chi connectivity index (χ1n) is 10.9. The smallest absolute Gasteiger partial charge is 0.238 e. The maximum absolute atomic E-state index is 12.5. The average molecular weight is 568 g/mol. The number of rotatable bonds is 11. The number of halogens is 1. The topological polar surface area (TPSA) is 103 Å². The van der Waals surface area contributed by atoms with Crippen LogP contribution < -0.4 is 24.2 Å². The predicted molar refractivity (Wildman–Crippen MR) is 139 cm³/mol. The molecule has 2 aromatic carbocycles. The van der Waals surface area contributed by atoms with Gasteiger partial charge in [0.1, 0.15) is 12.6 Å². The zero-order valence-corrected chi connectivity index (χ0v) is 22.9. The summed E-state index contributed by atoms with van der Waals surface area (Å²) < 4.78 is 43.3. The van der Waals surface area contributed by atoms with E-state index in [-0.39, 0.29) is 18.4 Å². The van der Waals surface area contributed by atoms with E-state index in [9.17, 15) is 13.2 Å². The molecule has 0 aliphatic rings. The number of benzene rings is 2. The first kappa shape index (κ1) is 28.5. The fourth-order valence-electron chi connectivity index (χ4n) is 3.16. The van der Waals surface area contributed by atoms with Gasteiger partial charge in [0.05, 0.1) is 20.5 Å². The molecule has 0 spiro atoms. The van der Waals surface area contributed by atoms with E-state index in [1.54, 1.807) is 26.0 Å². The Bertz CT molecular complexity index is 1150. The normalized spacial score (nSPS) is 11.9. The molecule has 0 saturated carbocycles. The molecule has 1 atom stereocenters. The van der Waals surface area contributed by atoms with Crippen molar-refractivity contribution in [1.29, 1.82) is 0 Å². The second kappa shape index (κ2) is 13.4. The molecule has 1 unspecified atom stereocenters. The number of ether oxygens (including phenoxy) is 3. The molecule has 0 aromatic heterocycles. The van der Waals surface area contributed by atoms with E-state index in [1.807, 2.05) is 24.3 Å². The number of hydrogen-bond donors (Lipinski definition) is 2. The highest BCUT2D eigenvalue weighted by atomic mass is 79.9. The fraction of sp³-hybridized carbons (Fsp3) is 0.400. The van der Waals surface area contributed by atoms with Crippen LogP contribution >= 0.6 is 15.9 Å². The molecule has 0 bridgehead atoms. The van der Waals surface area contributed by atoms with Gasteiger partial charge in [0.2, 0.25) is 21.7 Å². The van der Waals surface area contributed by atoms with Crippen molar-refractivity contribution in [3.8, 4) is 29.1 Å². The molecule has 2 rings (SSSR count).